The molecule has 0 atom stereocenters. The fourth-order valence-corrected chi connectivity index (χ4v) is 2.92. The highest BCUT2D eigenvalue weighted by molar-refractivity contribution is 6.30. The first kappa shape index (κ1) is 16.5. The van der Waals surface area contributed by atoms with E-state index in [1.807, 2.05) is 6.92 Å². The van der Waals surface area contributed by atoms with Gasteiger partial charge in [0, 0.05) is 11.0 Å². The fraction of sp³-hybridized carbons (Fsp3) is 0.750. The molecule has 1 fully saturated rings. The Kier molecular flexibility index (Phi) is 4.79. The number of aliphatic hydroxyl groups excluding tert-OH is 1. The second-order valence-corrected chi connectivity index (χ2v) is 7.54. The van der Waals surface area contributed by atoms with Crippen LogP contribution in [0.5, 0.6) is 0 Å². The first-order chi connectivity index (χ1) is 9.77. The quantitative estimate of drug-likeness (QED) is 0.833. The molecule has 0 aromatic carbocycles. The van der Waals surface area contributed by atoms with Crippen LogP contribution < -0.4 is 5.32 Å². The lowest BCUT2D eigenvalue weighted by molar-refractivity contribution is 0.172. The van der Waals surface area contributed by atoms with Crippen LogP contribution in [0.3, 0.4) is 0 Å². The zero-order chi connectivity index (χ0) is 15.7. The Hall–Kier alpha value is -0.870. The summed E-state index contributed by atoms with van der Waals surface area (Å²) in [4.78, 5) is 9.07. The number of halogens is 1. The summed E-state index contributed by atoms with van der Waals surface area (Å²) in [5.41, 5.74) is 0.422. The number of hydrogen-bond acceptors (Lipinski definition) is 4. The van der Waals surface area contributed by atoms with Gasteiger partial charge in [-0.3, -0.25) is 0 Å². The van der Waals surface area contributed by atoms with Gasteiger partial charge in [-0.25, -0.2) is 9.97 Å². The van der Waals surface area contributed by atoms with Crippen LogP contribution in [-0.4, -0.2) is 27.2 Å². The molecule has 1 heterocycles. The summed E-state index contributed by atoms with van der Waals surface area (Å²) >= 11 is 6.28. The molecule has 5 heteroatoms. The van der Waals surface area contributed by atoms with Crippen molar-refractivity contribution in [3.8, 4) is 0 Å². The van der Waals surface area contributed by atoms with E-state index >= 15 is 0 Å². The summed E-state index contributed by atoms with van der Waals surface area (Å²) in [5, 5.41) is 13.8. The third kappa shape index (κ3) is 3.67. The van der Waals surface area contributed by atoms with Crippen LogP contribution in [0.2, 0.25) is 5.15 Å². The number of nitrogens with zero attached hydrogens (tertiary/aromatic N) is 2. The molecule has 0 bridgehead atoms. The molecule has 1 aromatic rings. The van der Waals surface area contributed by atoms with Gasteiger partial charge >= 0.3 is 0 Å². The Labute approximate surface area is 132 Å². The van der Waals surface area contributed by atoms with Crippen LogP contribution in [0.25, 0.3) is 0 Å². The first-order valence-corrected chi connectivity index (χ1v) is 8.09. The average Bonchev–Trinajstić information content (AvgIpc) is 2.43. The first-order valence-electron chi connectivity index (χ1n) is 7.71. The minimum absolute atomic E-state index is 0.124. The van der Waals surface area contributed by atoms with Gasteiger partial charge in [-0.1, -0.05) is 51.6 Å². The average molecular weight is 312 g/mol. The maximum absolute atomic E-state index is 9.85. The summed E-state index contributed by atoms with van der Waals surface area (Å²) in [6.07, 6.45) is 5.44. The molecule has 0 spiro atoms. The number of aromatic nitrogens is 2. The van der Waals surface area contributed by atoms with E-state index in [2.05, 4.69) is 36.1 Å². The predicted octanol–water partition coefficient (Wildman–Crippen LogP) is 3.84. The number of aliphatic hydroxyl groups is 1. The molecule has 0 saturated heterocycles. The highest BCUT2D eigenvalue weighted by atomic mass is 35.5. The lowest BCUT2D eigenvalue weighted by Gasteiger charge is -2.37. The largest absolute Gasteiger partial charge is 0.394 e. The van der Waals surface area contributed by atoms with Crippen molar-refractivity contribution in [3.63, 3.8) is 0 Å². The molecule has 0 unspecified atom stereocenters. The molecule has 2 N–H and O–H groups in total. The van der Waals surface area contributed by atoms with Gasteiger partial charge in [-0.2, -0.15) is 0 Å². The van der Waals surface area contributed by atoms with Gasteiger partial charge in [-0.05, 0) is 19.8 Å². The molecule has 21 heavy (non-hydrogen) atoms. The van der Waals surface area contributed by atoms with Gasteiger partial charge in [0.15, 0.2) is 0 Å². The highest BCUT2D eigenvalue weighted by Gasteiger charge is 2.33. The zero-order valence-electron chi connectivity index (χ0n) is 13.5. The van der Waals surface area contributed by atoms with Crippen LogP contribution in [0.1, 0.15) is 64.3 Å². The van der Waals surface area contributed by atoms with E-state index in [-0.39, 0.29) is 17.6 Å². The minimum Gasteiger partial charge on any atom is -0.394 e. The smallest absolute Gasteiger partial charge is 0.137 e. The number of hydrogen-bond donors (Lipinski definition) is 2. The summed E-state index contributed by atoms with van der Waals surface area (Å²) in [6, 6.07) is 0. The Balaban J connectivity index is 2.36. The van der Waals surface area contributed by atoms with Gasteiger partial charge in [0.05, 0.1) is 12.1 Å². The van der Waals surface area contributed by atoms with Crippen molar-refractivity contribution in [2.24, 2.45) is 0 Å². The van der Waals surface area contributed by atoms with Gasteiger partial charge < -0.3 is 10.4 Å². The van der Waals surface area contributed by atoms with Crippen molar-refractivity contribution >= 4 is 17.4 Å². The molecule has 1 aliphatic carbocycles. The molecule has 1 saturated carbocycles. The third-order valence-electron chi connectivity index (χ3n) is 4.25. The summed E-state index contributed by atoms with van der Waals surface area (Å²) in [5.74, 6) is 1.49. The number of anilines is 1. The lowest BCUT2D eigenvalue weighted by Crippen LogP contribution is -2.44. The SMILES string of the molecule is Cc1c(Cl)nc(C(C)(C)C)nc1NC1(CO)CCCCC1. The van der Waals surface area contributed by atoms with Crippen molar-refractivity contribution in [1.82, 2.24) is 9.97 Å². The van der Waals surface area contributed by atoms with E-state index in [1.54, 1.807) is 0 Å². The Morgan fingerprint density at radius 3 is 2.33 bits per heavy atom. The minimum atomic E-state index is -0.268. The summed E-state index contributed by atoms with van der Waals surface area (Å²) < 4.78 is 0. The van der Waals surface area contributed by atoms with Crippen LogP contribution in [0, 0.1) is 6.92 Å². The Morgan fingerprint density at radius 2 is 1.81 bits per heavy atom. The van der Waals surface area contributed by atoms with Crippen molar-refractivity contribution < 1.29 is 5.11 Å². The topological polar surface area (TPSA) is 58.0 Å². The van der Waals surface area contributed by atoms with Gasteiger partial charge in [0.2, 0.25) is 0 Å². The Bertz CT molecular complexity index is 505. The van der Waals surface area contributed by atoms with Crippen molar-refractivity contribution in [2.75, 3.05) is 11.9 Å². The van der Waals surface area contributed by atoms with Gasteiger partial charge in [0.25, 0.3) is 0 Å². The van der Waals surface area contributed by atoms with E-state index in [9.17, 15) is 5.11 Å². The van der Waals surface area contributed by atoms with Crippen molar-refractivity contribution in [2.45, 2.75) is 70.8 Å². The summed E-state index contributed by atoms with van der Waals surface area (Å²) in [7, 11) is 0. The molecule has 0 amide bonds. The highest BCUT2D eigenvalue weighted by Crippen LogP contribution is 2.33. The Morgan fingerprint density at radius 1 is 1.19 bits per heavy atom. The summed E-state index contributed by atoms with van der Waals surface area (Å²) in [6.45, 7) is 8.25. The van der Waals surface area contributed by atoms with Crippen LogP contribution in [0.4, 0.5) is 5.82 Å². The fourth-order valence-electron chi connectivity index (χ4n) is 2.75. The third-order valence-corrected chi connectivity index (χ3v) is 4.62. The van der Waals surface area contributed by atoms with Crippen LogP contribution >= 0.6 is 11.6 Å². The second-order valence-electron chi connectivity index (χ2n) is 7.19. The number of nitrogens with one attached hydrogen (secondary N) is 1. The van der Waals surface area contributed by atoms with Crippen LogP contribution in [-0.2, 0) is 5.41 Å². The predicted molar refractivity (Wildman–Crippen MR) is 87.0 cm³/mol. The standard InChI is InChI=1S/C16H26ClN3O/c1-11-12(17)18-14(15(2,3)4)19-13(11)20-16(10-21)8-6-5-7-9-16/h21H,5-10H2,1-4H3,(H,18,19,20). The maximum atomic E-state index is 9.85. The van der Waals surface area contributed by atoms with E-state index in [1.165, 1.54) is 6.42 Å². The zero-order valence-corrected chi connectivity index (χ0v) is 14.2. The van der Waals surface area contributed by atoms with Gasteiger partial charge in [-0.15, -0.1) is 0 Å². The lowest BCUT2D eigenvalue weighted by atomic mass is 9.82. The van der Waals surface area contributed by atoms with Gasteiger partial charge in [0.1, 0.15) is 16.8 Å². The molecule has 1 aliphatic rings. The maximum Gasteiger partial charge on any atom is 0.137 e. The molecular weight excluding hydrogens is 286 g/mol. The second kappa shape index (κ2) is 6.09. The van der Waals surface area contributed by atoms with Crippen molar-refractivity contribution in [1.29, 1.82) is 0 Å². The van der Waals surface area contributed by atoms with E-state index in [0.717, 1.165) is 42.9 Å². The molecule has 118 valence electrons. The molecule has 4 nitrogen and oxygen atoms in total. The van der Waals surface area contributed by atoms with E-state index < -0.39 is 0 Å². The number of rotatable bonds is 3. The van der Waals surface area contributed by atoms with E-state index in [0.29, 0.717) is 5.15 Å². The van der Waals surface area contributed by atoms with Crippen LogP contribution in [0.15, 0.2) is 0 Å². The molecule has 0 aliphatic heterocycles. The molecular formula is C16H26ClN3O. The van der Waals surface area contributed by atoms with E-state index in [4.69, 9.17) is 11.6 Å². The normalized spacial score (nSPS) is 18.6. The monoisotopic (exact) mass is 311 g/mol. The molecule has 2 rings (SSSR count). The van der Waals surface area contributed by atoms with Crippen molar-refractivity contribution in [3.05, 3.63) is 16.5 Å². The molecule has 0 radical (unpaired) electrons. The molecule has 1 aromatic heterocycles.